The van der Waals surface area contributed by atoms with Crippen LogP contribution in [0.15, 0.2) is 18.2 Å². The molecule has 0 spiro atoms. The van der Waals surface area contributed by atoms with Gasteiger partial charge in [0.05, 0.1) is 0 Å². The average molecular weight is 237 g/mol. The van der Waals surface area contributed by atoms with E-state index in [-0.39, 0.29) is 0 Å². The first-order valence-corrected chi connectivity index (χ1v) is 7.09. The molecule has 1 saturated heterocycles. The second-order valence-corrected chi connectivity index (χ2v) is 5.15. The lowest BCUT2D eigenvalue weighted by Crippen LogP contribution is -2.26. The van der Waals surface area contributed by atoms with Crippen LogP contribution < -0.4 is 10.6 Å². The van der Waals surface area contributed by atoms with Crippen molar-refractivity contribution >= 4 is 23.4 Å². The van der Waals surface area contributed by atoms with Crippen LogP contribution in [0.4, 0.5) is 11.6 Å². The fourth-order valence-corrected chi connectivity index (χ4v) is 2.93. The molecule has 1 aliphatic rings. The molecule has 1 fully saturated rings. The van der Waals surface area contributed by atoms with Crippen LogP contribution >= 0.6 is 11.8 Å². The molecule has 2 heterocycles. The van der Waals surface area contributed by atoms with E-state index in [1.54, 1.807) is 0 Å². The molecule has 1 aliphatic heterocycles. The quantitative estimate of drug-likeness (QED) is 0.844. The lowest BCUT2D eigenvalue weighted by molar-refractivity contribution is 0.682. The van der Waals surface area contributed by atoms with Crippen LogP contribution in [-0.4, -0.2) is 29.1 Å². The van der Waals surface area contributed by atoms with Crippen molar-refractivity contribution in [3.8, 4) is 0 Å². The maximum Gasteiger partial charge on any atom is 0.128 e. The average Bonchev–Trinajstić information content (AvgIpc) is 2.31. The molecule has 1 atom stereocenters. The zero-order valence-electron chi connectivity index (χ0n) is 9.70. The number of anilines is 2. The highest BCUT2D eigenvalue weighted by atomic mass is 32.2. The summed E-state index contributed by atoms with van der Waals surface area (Å²) in [6.07, 6.45) is 2.58. The topological polar surface area (TPSA) is 37.0 Å². The van der Waals surface area contributed by atoms with E-state index in [4.69, 9.17) is 0 Å². The van der Waals surface area contributed by atoms with Crippen molar-refractivity contribution in [1.82, 2.24) is 4.98 Å². The Morgan fingerprint density at radius 3 is 3.06 bits per heavy atom. The van der Waals surface area contributed by atoms with E-state index in [0.717, 1.165) is 18.2 Å². The molecule has 0 bridgehead atoms. The molecule has 4 heteroatoms. The first-order valence-electron chi connectivity index (χ1n) is 5.93. The van der Waals surface area contributed by atoms with E-state index in [1.807, 2.05) is 30.0 Å². The fourth-order valence-electron chi connectivity index (χ4n) is 1.86. The number of thioether (sulfide) groups is 1. The summed E-state index contributed by atoms with van der Waals surface area (Å²) < 4.78 is 0. The van der Waals surface area contributed by atoms with Crippen molar-refractivity contribution in [1.29, 1.82) is 0 Å². The summed E-state index contributed by atoms with van der Waals surface area (Å²) in [6.45, 7) is 3.00. The third-order valence-electron chi connectivity index (χ3n) is 2.62. The third kappa shape index (κ3) is 3.30. The van der Waals surface area contributed by atoms with Gasteiger partial charge in [0.15, 0.2) is 0 Å². The lowest BCUT2D eigenvalue weighted by atomic mass is 10.2. The minimum absolute atomic E-state index is 0.586. The molecule has 1 aromatic heterocycles. The van der Waals surface area contributed by atoms with Crippen molar-refractivity contribution < 1.29 is 0 Å². The molecule has 88 valence electrons. The molecule has 3 nitrogen and oxygen atoms in total. The number of nitrogens with zero attached hydrogens (tertiary/aromatic N) is 1. The van der Waals surface area contributed by atoms with Gasteiger partial charge >= 0.3 is 0 Å². The molecule has 0 aliphatic carbocycles. The van der Waals surface area contributed by atoms with Crippen molar-refractivity contribution in [2.45, 2.75) is 25.8 Å². The summed E-state index contributed by atoms with van der Waals surface area (Å²) in [5.41, 5.74) is 0. The molecule has 16 heavy (non-hydrogen) atoms. The number of aromatic nitrogens is 1. The van der Waals surface area contributed by atoms with Crippen LogP contribution in [-0.2, 0) is 0 Å². The molecule has 1 unspecified atom stereocenters. The number of nitrogens with one attached hydrogen (secondary N) is 2. The van der Waals surface area contributed by atoms with Gasteiger partial charge in [0, 0.05) is 18.3 Å². The van der Waals surface area contributed by atoms with Crippen LogP contribution in [0.1, 0.15) is 19.8 Å². The minimum Gasteiger partial charge on any atom is -0.370 e. The highest BCUT2D eigenvalue weighted by molar-refractivity contribution is 7.99. The Kier molecular flexibility index (Phi) is 4.34. The standard InChI is InChI=1S/C12H19N3S/c1-2-13-11-6-3-7-12(15-11)14-10-5-4-8-16-9-10/h3,6-7,10H,2,4-5,8-9H2,1H3,(H2,13,14,15). The van der Waals surface area contributed by atoms with Gasteiger partial charge < -0.3 is 10.6 Å². The summed E-state index contributed by atoms with van der Waals surface area (Å²) in [6, 6.07) is 6.68. The van der Waals surface area contributed by atoms with E-state index in [0.29, 0.717) is 6.04 Å². The van der Waals surface area contributed by atoms with Gasteiger partial charge in [-0.3, -0.25) is 0 Å². The Morgan fingerprint density at radius 2 is 2.31 bits per heavy atom. The normalized spacial score (nSPS) is 20.4. The van der Waals surface area contributed by atoms with Crippen LogP contribution in [0.5, 0.6) is 0 Å². The Morgan fingerprint density at radius 1 is 1.44 bits per heavy atom. The van der Waals surface area contributed by atoms with Gasteiger partial charge in [0.25, 0.3) is 0 Å². The maximum atomic E-state index is 4.53. The zero-order valence-corrected chi connectivity index (χ0v) is 10.5. The molecule has 0 aromatic carbocycles. The first kappa shape index (κ1) is 11.6. The van der Waals surface area contributed by atoms with Gasteiger partial charge in [0.2, 0.25) is 0 Å². The Balaban J connectivity index is 1.94. The number of hydrogen-bond acceptors (Lipinski definition) is 4. The van der Waals surface area contributed by atoms with E-state index >= 15 is 0 Å². The predicted octanol–water partition coefficient (Wildman–Crippen LogP) is 2.82. The van der Waals surface area contributed by atoms with Gasteiger partial charge in [0.1, 0.15) is 11.6 Å². The summed E-state index contributed by atoms with van der Waals surface area (Å²) in [5, 5.41) is 6.74. The summed E-state index contributed by atoms with van der Waals surface area (Å²) in [5.74, 6) is 4.46. The lowest BCUT2D eigenvalue weighted by Gasteiger charge is -2.23. The predicted molar refractivity (Wildman–Crippen MR) is 72.4 cm³/mol. The van der Waals surface area contributed by atoms with Gasteiger partial charge in [-0.25, -0.2) is 4.98 Å². The molecule has 2 N–H and O–H groups in total. The van der Waals surface area contributed by atoms with Gasteiger partial charge in [-0.2, -0.15) is 11.8 Å². The van der Waals surface area contributed by atoms with Gasteiger partial charge in [-0.1, -0.05) is 6.07 Å². The number of hydrogen-bond donors (Lipinski definition) is 2. The molecular formula is C12H19N3S. The smallest absolute Gasteiger partial charge is 0.128 e. The molecular weight excluding hydrogens is 218 g/mol. The SMILES string of the molecule is CCNc1cccc(NC2CCCSC2)n1. The second kappa shape index (κ2) is 5.99. The van der Waals surface area contributed by atoms with E-state index in [2.05, 4.69) is 22.5 Å². The monoisotopic (exact) mass is 237 g/mol. The molecule has 2 rings (SSSR count). The van der Waals surface area contributed by atoms with E-state index in [9.17, 15) is 0 Å². The summed E-state index contributed by atoms with van der Waals surface area (Å²) >= 11 is 2.03. The second-order valence-electron chi connectivity index (χ2n) is 4.00. The molecule has 0 radical (unpaired) electrons. The van der Waals surface area contributed by atoms with E-state index < -0.39 is 0 Å². The maximum absolute atomic E-state index is 4.53. The van der Waals surface area contributed by atoms with Crippen molar-refractivity contribution in [2.24, 2.45) is 0 Å². The molecule has 0 saturated carbocycles. The Labute approximate surface area is 101 Å². The summed E-state index contributed by atoms with van der Waals surface area (Å²) in [4.78, 5) is 4.53. The van der Waals surface area contributed by atoms with Crippen molar-refractivity contribution in [3.05, 3.63) is 18.2 Å². The van der Waals surface area contributed by atoms with Crippen molar-refractivity contribution in [2.75, 3.05) is 28.7 Å². The van der Waals surface area contributed by atoms with Crippen LogP contribution in [0.25, 0.3) is 0 Å². The van der Waals surface area contributed by atoms with Crippen LogP contribution in [0, 0.1) is 0 Å². The largest absolute Gasteiger partial charge is 0.370 e. The number of rotatable bonds is 4. The van der Waals surface area contributed by atoms with Crippen LogP contribution in [0.2, 0.25) is 0 Å². The van der Waals surface area contributed by atoms with E-state index in [1.165, 1.54) is 24.3 Å². The van der Waals surface area contributed by atoms with Crippen molar-refractivity contribution in [3.63, 3.8) is 0 Å². The first-order chi connectivity index (χ1) is 7.88. The Hall–Kier alpha value is -0.900. The minimum atomic E-state index is 0.586. The highest BCUT2D eigenvalue weighted by Gasteiger charge is 2.13. The fraction of sp³-hybridized carbons (Fsp3) is 0.583. The van der Waals surface area contributed by atoms with Gasteiger partial charge in [-0.05, 0) is 37.7 Å². The molecule has 0 amide bonds. The molecule has 1 aromatic rings. The highest BCUT2D eigenvalue weighted by Crippen LogP contribution is 2.20. The number of pyridine rings is 1. The summed E-state index contributed by atoms with van der Waals surface area (Å²) in [7, 11) is 0. The Bertz CT molecular complexity index is 324. The zero-order chi connectivity index (χ0) is 11.2. The third-order valence-corrected chi connectivity index (χ3v) is 3.83. The van der Waals surface area contributed by atoms with Gasteiger partial charge in [-0.15, -0.1) is 0 Å². The van der Waals surface area contributed by atoms with Crippen LogP contribution in [0.3, 0.4) is 0 Å².